The highest BCUT2D eigenvalue weighted by Gasteiger charge is 2.00. The molecule has 1 heteroatoms. The summed E-state index contributed by atoms with van der Waals surface area (Å²) in [6, 6.07) is 0. The average molecular weight is 146 g/mol. The van der Waals surface area contributed by atoms with Crippen LogP contribution in [0.25, 0.3) is 0 Å². The normalized spacial score (nSPS) is 12.3. The lowest BCUT2D eigenvalue weighted by atomic mass is 10.1. The lowest BCUT2D eigenvalue weighted by molar-refractivity contribution is 0.0997. The van der Waals surface area contributed by atoms with Crippen LogP contribution in [0.3, 0.4) is 0 Å². The lowest BCUT2D eigenvalue weighted by Crippen LogP contribution is -2.07. The smallest absolute Gasteiger partial charge is 0.0545 e. The van der Waals surface area contributed by atoms with Crippen molar-refractivity contribution in [3.8, 4) is 0 Å². The predicted molar refractivity (Wildman–Crippen MR) is 47.3 cm³/mol. The van der Waals surface area contributed by atoms with Crippen molar-refractivity contribution < 1.29 is 4.74 Å². The van der Waals surface area contributed by atoms with Gasteiger partial charge in [-0.25, -0.2) is 0 Å². The highest BCUT2D eigenvalue weighted by molar-refractivity contribution is 4.51. The van der Waals surface area contributed by atoms with Crippen molar-refractivity contribution in [1.29, 1.82) is 0 Å². The second kappa shape index (κ2) is 8.96. The highest BCUT2D eigenvalue weighted by Crippen LogP contribution is 2.05. The van der Waals surface area contributed by atoms with E-state index in [0.717, 1.165) is 12.3 Å². The van der Waals surface area contributed by atoms with Crippen molar-refractivity contribution in [2.45, 2.75) is 47.1 Å². The number of hydrogen-bond donors (Lipinski definition) is 0. The Hall–Kier alpha value is -0.0400. The maximum absolute atomic E-state index is 5.06. The Morgan fingerprint density at radius 1 is 1.10 bits per heavy atom. The van der Waals surface area contributed by atoms with Gasteiger partial charge in [0.25, 0.3) is 0 Å². The molecule has 10 heavy (non-hydrogen) atoms. The molecule has 0 aliphatic heterocycles. The molecule has 0 spiro atoms. The number of ether oxygens (including phenoxy) is 1. The van der Waals surface area contributed by atoms with Crippen molar-refractivity contribution in [3.05, 3.63) is 0 Å². The van der Waals surface area contributed by atoms with E-state index < -0.39 is 0 Å². The van der Waals surface area contributed by atoms with Crippen LogP contribution in [-0.4, -0.2) is 13.2 Å². The summed E-state index contributed by atoms with van der Waals surface area (Å²) in [7, 11) is 1.76. The molecular formula is C9H22O. The van der Waals surface area contributed by atoms with E-state index in [1.165, 1.54) is 0 Å². The Balaban J connectivity index is 0. The summed E-state index contributed by atoms with van der Waals surface area (Å²) in [5, 5.41) is 0. The zero-order valence-electron chi connectivity index (χ0n) is 8.27. The molecule has 0 saturated heterocycles. The van der Waals surface area contributed by atoms with Crippen molar-refractivity contribution >= 4 is 0 Å². The molecule has 0 unspecified atom stereocenters. The molecule has 0 radical (unpaired) electrons. The average Bonchev–Trinajstić information content (AvgIpc) is 1.91. The summed E-state index contributed by atoms with van der Waals surface area (Å²) in [6.45, 7) is 10.5. The zero-order valence-corrected chi connectivity index (χ0v) is 8.27. The third-order valence-corrected chi connectivity index (χ3v) is 1.21. The highest BCUT2D eigenvalue weighted by atomic mass is 16.5. The quantitative estimate of drug-likeness (QED) is 0.594. The number of rotatable bonds is 3. The molecule has 0 aromatic rings. The van der Waals surface area contributed by atoms with Gasteiger partial charge < -0.3 is 4.74 Å². The van der Waals surface area contributed by atoms with E-state index in [1.807, 2.05) is 13.8 Å². The van der Waals surface area contributed by atoms with E-state index in [9.17, 15) is 0 Å². The largest absolute Gasteiger partial charge is 0.382 e. The van der Waals surface area contributed by atoms with Crippen LogP contribution in [0.4, 0.5) is 0 Å². The summed E-state index contributed by atoms with van der Waals surface area (Å²) in [5.41, 5.74) is 0. The van der Waals surface area contributed by atoms with Crippen LogP contribution in [0.15, 0.2) is 0 Å². The zero-order chi connectivity index (χ0) is 8.57. The van der Waals surface area contributed by atoms with Gasteiger partial charge in [-0.2, -0.15) is 0 Å². The first-order valence-electron chi connectivity index (χ1n) is 4.19. The molecule has 0 N–H and O–H groups in total. The molecular weight excluding hydrogens is 124 g/mol. The Bertz CT molecular complexity index is 50.7. The van der Waals surface area contributed by atoms with Crippen LogP contribution < -0.4 is 0 Å². The van der Waals surface area contributed by atoms with Gasteiger partial charge in [0, 0.05) is 7.11 Å². The molecule has 0 aliphatic rings. The molecule has 0 aromatic carbocycles. The SMILES string of the molecule is CC.CO[C@@H](C)CC(C)C. The molecule has 0 fully saturated rings. The van der Waals surface area contributed by atoms with E-state index in [1.54, 1.807) is 7.11 Å². The van der Waals surface area contributed by atoms with Gasteiger partial charge in [-0.15, -0.1) is 0 Å². The van der Waals surface area contributed by atoms with Crippen molar-refractivity contribution in [2.24, 2.45) is 5.92 Å². The van der Waals surface area contributed by atoms with Gasteiger partial charge in [0.1, 0.15) is 0 Å². The van der Waals surface area contributed by atoms with Gasteiger partial charge in [-0.05, 0) is 19.3 Å². The molecule has 0 bridgehead atoms. The minimum Gasteiger partial charge on any atom is -0.382 e. The maximum Gasteiger partial charge on any atom is 0.0545 e. The standard InChI is InChI=1S/C7H16O.C2H6/c1-6(2)5-7(3)8-4;1-2/h6-7H,5H2,1-4H3;1-2H3/t7-;/m0./s1. The lowest BCUT2D eigenvalue weighted by Gasteiger charge is -2.10. The first kappa shape index (κ1) is 12.6. The molecule has 0 rings (SSSR count). The Kier molecular flexibility index (Phi) is 11.3. The van der Waals surface area contributed by atoms with Gasteiger partial charge in [0.2, 0.25) is 0 Å². The third-order valence-electron chi connectivity index (χ3n) is 1.21. The summed E-state index contributed by atoms with van der Waals surface area (Å²) in [6.07, 6.45) is 1.59. The molecule has 1 nitrogen and oxygen atoms in total. The van der Waals surface area contributed by atoms with E-state index in [4.69, 9.17) is 4.74 Å². The van der Waals surface area contributed by atoms with Crippen LogP contribution in [0, 0.1) is 5.92 Å². The second-order valence-electron chi connectivity index (χ2n) is 2.68. The predicted octanol–water partition coefficient (Wildman–Crippen LogP) is 3.09. The minimum atomic E-state index is 0.426. The van der Waals surface area contributed by atoms with Gasteiger partial charge in [0.15, 0.2) is 0 Å². The summed E-state index contributed by atoms with van der Waals surface area (Å²) >= 11 is 0. The Morgan fingerprint density at radius 3 is 1.60 bits per heavy atom. The summed E-state index contributed by atoms with van der Waals surface area (Å²) in [5.74, 6) is 0.755. The van der Waals surface area contributed by atoms with Crippen LogP contribution in [-0.2, 0) is 4.74 Å². The number of methoxy groups -OCH3 is 1. The maximum atomic E-state index is 5.06. The van der Waals surface area contributed by atoms with Crippen molar-refractivity contribution in [2.75, 3.05) is 7.11 Å². The Labute approximate surface area is 65.8 Å². The molecule has 1 atom stereocenters. The van der Waals surface area contributed by atoms with Crippen LogP contribution in [0.1, 0.15) is 41.0 Å². The molecule has 0 amide bonds. The van der Waals surface area contributed by atoms with E-state index in [0.29, 0.717) is 6.10 Å². The molecule has 0 aliphatic carbocycles. The van der Waals surface area contributed by atoms with E-state index in [-0.39, 0.29) is 0 Å². The Morgan fingerprint density at radius 2 is 1.50 bits per heavy atom. The topological polar surface area (TPSA) is 9.23 Å². The first-order chi connectivity index (χ1) is 4.66. The van der Waals surface area contributed by atoms with Crippen molar-refractivity contribution in [1.82, 2.24) is 0 Å². The van der Waals surface area contributed by atoms with Gasteiger partial charge in [0.05, 0.1) is 6.10 Å². The fraction of sp³-hybridized carbons (Fsp3) is 1.00. The van der Waals surface area contributed by atoms with E-state index in [2.05, 4.69) is 20.8 Å². The van der Waals surface area contributed by atoms with Gasteiger partial charge in [-0.1, -0.05) is 27.7 Å². The van der Waals surface area contributed by atoms with Crippen LogP contribution >= 0.6 is 0 Å². The van der Waals surface area contributed by atoms with Gasteiger partial charge in [-0.3, -0.25) is 0 Å². The van der Waals surface area contributed by atoms with E-state index >= 15 is 0 Å². The first-order valence-corrected chi connectivity index (χ1v) is 4.19. The molecule has 0 aromatic heterocycles. The second-order valence-corrected chi connectivity index (χ2v) is 2.68. The summed E-state index contributed by atoms with van der Waals surface area (Å²) in [4.78, 5) is 0. The summed E-state index contributed by atoms with van der Waals surface area (Å²) < 4.78 is 5.06. The minimum absolute atomic E-state index is 0.426. The van der Waals surface area contributed by atoms with Crippen LogP contribution in [0.2, 0.25) is 0 Å². The van der Waals surface area contributed by atoms with Crippen LogP contribution in [0.5, 0.6) is 0 Å². The fourth-order valence-corrected chi connectivity index (χ4v) is 0.760. The van der Waals surface area contributed by atoms with Gasteiger partial charge >= 0.3 is 0 Å². The molecule has 64 valence electrons. The molecule has 0 heterocycles. The third kappa shape index (κ3) is 10.9. The fourth-order valence-electron chi connectivity index (χ4n) is 0.760. The number of hydrogen-bond acceptors (Lipinski definition) is 1. The monoisotopic (exact) mass is 146 g/mol. The van der Waals surface area contributed by atoms with Crippen molar-refractivity contribution in [3.63, 3.8) is 0 Å². The molecule has 0 saturated carbocycles.